The quantitative estimate of drug-likeness (QED) is 0.845. The summed E-state index contributed by atoms with van der Waals surface area (Å²) in [5, 5.41) is 3.04. The van der Waals surface area contributed by atoms with Crippen molar-refractivity contribution < 1.29 is 13.9 Å². The number of ether oxygens (including phenoxy) is 1. The van der Waals surface area contributed by atoms with Gasteiger partial charge >= 0.3 is 0 Å². The molecule has 0 spiro atoms. The maximum atomic E-state index is 13.8. The van der Waals surface area contributed by atoms with Crippen LogP contribution in [0.15, 0.2) is 30.6 Å². The molecule has 2 aromatic rings. The summed E-state index contributed by atoms with van der Waals surface area (Å²) in [5.74, 6) is 1.26. The van der Waals surface area contributed by atoms with Gasteiger partial charge in [-0.2, -0.15) is 0 Å². The maximum absolute atomic E-state index is 13.8. The number of methoxy groups -OCH3 is 1. The topological polar surface area (TPSA) is 54.1 Å². The van der Waals surface area contributed by atoms with Gasteiger partial charge in [0.05, 0.1) is 12.7 Å². The molecule has 3 rings (SSSR count). The highest BCUT2D eigenvalue weighted by Crippen LogP contribution is 2.29. The number of H-pyrrole nitrogens is 1. The predicted octanol–water partition coefficient (Wildman–Crippen LogP) is 4.39. The molecular weight excluding hydrogens is 319 g/mol. The van der Waals surface area contributed by atoms with Gasteiger partial charge in [-0.25, -0.2) is 4.39 Å². The smallest absolute Gasteiger partial charge is 0.253 e. The van der Waals surface area contributed by atoms with Crippen LogP contribution in [0.3, 0.4) is 0 Å². The normalized spacial score (nSPS) is 20.3. The first-order chi connectivity index (χ1) is 12.1. The molecule has 134 valence electrons. The van der Waals surface area contributed by atoms with Crippen LogP contribution in [-0.2, 0) is 0 Å². The molecular formula is C20H25FN2O2. The lowest BCUT2D eigenvalue weighted by molar-refractivity contribution is 0.0942. The average Bonchev–Trinajstić information content (AvgIpc) is 3.10. The highest BCUT2D eigenvalue weighted by Gasteiger charge is 2.20. The summed E-state index contributed by atoms with van der Waals surface area (Å²) >= 11 is 0. The molecule has 1 fully saturated rings. The summed E-state index contributed by atoms with van der Waals surface area (Å²) in [7, 11) is 1.49. The number of halogens is 1. The van der Waals surface area contributed by atoms with E-state index in [0.717, 1.165) is 5.92 Å². The van der Waals surface area contributed by atoms with Gasteiger partial charge < -0.3 is 15.0 Å². The van der Waals surface area contributed by atoms with Crippen molar-refractivity contribution in [2.45, 2.75) is 32.6 Å². The Balaban J connectivity index is 1.70. The van der Waals surface area contributed by atoms with Crippen molar-refractivity contribution in [3.8, 4) is 16.9 Å². The number of hydrogen-bond donors (Lipinski definition) is 2. The van der Waals surface area contributed by atoms with E-state index in [2.05, 4.69) is 17.2 Å². The molecule has 4 nitrogen and oxygen atoms in total. The molecule has 1 heterocycles. The zero-order valence-electron chi connectivity index (χ0n) is 14.8. The van der Waals surface area contributed by atoms with Gasteiger partial charge in [0.25, 0.3) is 5.91 Å². The van der Waals surface area contributed by atoms with E-state index in [4.69, 9.17) is 4.74 Å². The van der Waals surface area contributed by atoms with Crippen molar-refractivity contribution in [2.75, 3.05) is 13.7 Å². The highest BCUT2D eigenvalue weighted by atomic mass is 19.1. The van der Waals surface area contributed by atoms with Gasteiger partial charge in [-0.1, -0.05) is 19.8 Å². The fourth-order valence-electron chi connectivity index (χ4n) is 3.49. The molecule has 1 aromatic heterocycles. The van der Waals surface area contributed by atoms with Crippen LogP contribution >= 0.6 is 0 Å². The zero-order valence-corrected chi connectivity index (χ0v) is 14.8. The van der Waals surface area contributed by atoms with Gasteiger partial charge in [0, 0.05) is 30.6 Å². The molecule has 1 aromatic carbocycles. The van der Waals surface area contributed by atoms with Crippen LogP contribution in [0.2, 0.25) is 0 Å². The van der Waals surface area contributed by atoms with Gasteiger partial charge in [0.2, 0.25) is 0 Å². The van der Waals surface area contributed by atoms with E-state index < -0.39 is 5.82 Å². The highest BCUT2D eigenvalue weighted by molar-refractivity contribution is 6.00. The fraction of sp³-hybridized carbons (Fsp3) is 0.450. The lowest BCUT2D eigenvalue weighted by atomic mass is 9.83. The number of aromatic amines is 1. The fourth-order valence-corrected chi connectivity index (χ4v) is 3.49. The van der Waals surface area contributed by atoms with E-state index in [9.17, 15) is 9.18 Å². The van der Waals surface area contributed by atoms with Crippen molar-refractivity contribution >= 4 is 5.91 Å². The van der Waals surface area contributed by atoms with Crippen molar-refractivity contribution in [1.29, 1.82) is 0 Å². The van der Waals surface area contributed by atoms with Crippen molar-refractivity contribution in [2.24, 2.45) is 11.8 Å². The Bertz CT molecular complexity index is 733. The van der Waals surface area contributed by atoms with Crippen LogP contribution in [0.25, 0.3) is 11.1 Å². The first-order valence-electron chi connectivity index (χ1n) is 8.86. The van der Waals surface area contributed by atoms with Crippen molar-refractivity contribution in [3.63, 3.8) is 0 Å². The average molecular weight is 344 g/mol. The Morgan fingerprint density at radius 1 is 1.24 bits per heavy atom. The van der Waals surface area contributed by atoms with E-state index in [-0.39, 0.29) is 5.91 Å². The van der Waals surface area contributed by atoms with Gasteiger partial charge in [-0.3, -0.25) is 4.79 Å². The number of carbonyl (C=O) groups excluding carboxylic acids is 1. The third kappa shape index (κ3) is 4.21. The van der Waals surface area contributed by atoms with Crippen LogP contribution in [0.4, 0.5) is 4.39 Å². The van der Waals surface area contributed by atoms with Crippen molar-refractivity contribution in [1.82, 2.24) is 10.3 Å². The Morgan fingerprint density at radius 2 is 2.00 bits per heavy atom. The van der Waals surface area contributed by atoms with Gasteiger partial charge in [0.1, 0.15) is 11.6 Å². The number of nitrogens with one attached hydrogen (secondary N) is 2. The molecule has 2 N–H and O–H groups in total. The molecule has 0 saturated heterocycles. The molecule has 0 atom stereocenters. The summed E-state index contributed by atoms with van der Waals surface area (Å²) in [6.45, 7) is 2.98. The van der Waals surface area contributed by atoms with Gasteiger partial charge in [-0.05, 0) is 42.4 Å². The maximum Gasteiger partial charge on any atom is 0.253 e. The number of hydrogen-bond acceptors (Lipinski definition) is 2. The number of aromatic nitrogens is 1. The number of benzene rings is 1. The minimum Gasteiger partial charge on any atom is -0.497 e. The van der Waals surface area contributed by atoms with Crippen LogP contribution in [0.1, 0.15) is 43.0 Å². The Labute approximate surface area is 147 Å². The third-order valence-electron chi connectivity index (χ3n) is 5.09. The molecule has 1 amide bonds. The van der Waals surface area contributed by atoms with Crippen LogP contribution in [0.5, 0.6) is 5.75 Å². The Morgan fingerprint density at radius 3 is 2.72 bits per heavy atom. The number of amides is 1. The van der Waals surface area contributed by atoms with Crippen LogP contribution < -0.4 is 10.1 Å². The second-order valence-corrected chi connectivity index (χ2v) is 7.00. The second-order valence-electron chi connectivity index (χ2n) is 7.00. The predicted molar refractivity (Wildman–Crippen MR) is 96.2 cm³/mol. The zero-order chi connectivity index (χ0) is 17.8. The lowest BCUT2D eigenvalue weighted by Crippen LogP contribution is -2.31. The summed E-state index contributed by atoms with van der Waals surface area (Å²) in [6.07, 6.45) is 8.18. The van der Waals surface area contributed by atoms with E-state index >= 15 is 0 Å². The first kappa shape index (κ1) is 17.5. The second kappa shape index (κ2) is 7.72. The number of carbonyl (C=O) groups is 1. The van der Waals surface area contributed by atoms with E-state index in [0.29, 0.717) is 34.9 Å². The molecule has 1 aliphatic rings. The summed E-state index contributed by atoms with van der Waals surface area (Å²) < 4.78 is 18.9. The summed E-state index contributed by atoms with van der Waals surface area (Å²) in [5.41, 5.74) is 1.82. The minimum atomic E-state index is -0.391. The Hall–Kier alpha value is -2.30. The Kier molecular flexibility index (Phi) is 5.41. The lowest BCUT2D eigenvalue weighted by Gasteiger charge is -2.26. The number of rotatable bonds is 5. The largest absolute Gasteiger partial charge is 0.497 e. The van der Waals surface area contributed by atoms with Crippen molar-refractivity contribution in [3.05, 3.63) is 42.0 Å². The molecule has 0 aliphatic heterocycles. The first-order valence-corrected chi connectivity index (χ1v) is 8.86. The van der Waals surface area contributed by atoms with E-state index in [1.54, 1.807) is 18.5 Å². The van der Waals surface area contributed by atoms with Gasteiger partial charge in [0.15, 0.2) is 0 Å². The molecule has 0 bridgehead atoms. The van der Waals surface area contributed by atoms with E-state index in [1.165, 1.54) is 44.9 Å². The molecule has 1 aliphatic carbocycles. The van der Waals surface area contributed by atoms with Crippen LogP contribution in [-0.4, -0.2) is 24.5 Å². The monoisotopic (exact) mass is 344 g/mol. The minimum absolute atomic E-state index is 0.127. The van der Waals surface area contributed by atoms with E-state index in [1.807, 2.05) is 0 Å². The molecule has 0 radical (unpaired) electrons. The molecule has 1 saturated carbocycles. The van der Waals surface area contributed by atoms with Gasteiger partial charge in [-0.15, -0.1) is 0 Å². The molecule has 25 heavy (non-hydrogen) atoms. The summed E-state index contributed by atoms with van der Waals surface area (Å²) in [4.78, 5) is 15.5. The SMILES string of the molecule is COc1cc(F)cc(-c2c[nH]cc2C(=O)NCC2CCC(C)CC2)c1. The molecule has 0 unspecified atom stereocenters. The standard InChI is InChI=1S/C20H25FN2O2/c1-13-3-5-14(6-4-13)10-23-20(24)19-12-22-11-18(19)15-7-16(21)9-17(8-15)25-2/h7-9,11-14,22H,3-6,10H2,1-2H3,(H,23,24). The molecule has 5 heteroatoms. The summed E-state index contributed by atoms with van der Waals surface area (Å²) in [6, 6.07) is 4.45. The van der Waals surface area contributed by atoms with Crippen LogP contribution in [0, 0.1) is 17.7 Å². The third-order valence-corrected chi connectivity index (χ3v) is 5.09.